The Hall–Kier alpha value is 0.350. The number of thioether (sulfide) groups is 1. The van der Waals surface area contributed by atoms with Crippen molar-refractivity contribution in [3.05, 3.63) is 5.75 Å². The zero-order chi connectivity index (χ0) is 28.2. The second kappa shape index (κ2) is 38.4. The molecule has 0 nitrogen and oxygen atoms in total. The van der Waals surface area contributed by atoms with Crippen LogP contribution in [0.1, 0.15) is 232 Å². The van der Waals surface area contributed by atoms with Crippen molar-refractivity contribution in [1.82, 2.24) is 0 Å². The molecule has 0 aromatic carbocycles. The standard InChI is InChI=1S/C38H77S/c1-3-5-7-9-11-13-15-17-19-21-22-24-26-28-30-32-34-36-38-39-37-35-33-31-29-27-25-23-20-18-16-14-12-10-8-6-4-2/h38H,3-37H2,1-2H3. The van der Waals surface area contributed by atoms with Crippen LogP contribution in [-0.2, 0) is 0 Å². The highest BCUT2D eigenvalue weighted by atomic mass is 32.2. The molecule has 0 N–H and O–H groups in total. The van der Waals surface area contributed by atoms with E-state index in [4.69, 9.17) is 0 Å². The molecule has 1 radical (unpaired) electrons. The monoisotopic (exact) mass is 566 g/mol. The van der Waals surface area contributed by atoms with E-state index in [9.17, 15) is 0 Å². The average Bonchev–Trinajstić information content (AvgIpc) is 2.95. The summed E-state index contributed by atoms with van der Waals surface area (Å²) < 4.78 is 0. The fourth-order valence-electron chi connectivity index (χ4n) is 5.85. The lowest BCUT2D eigenvalue weighted by atomic mass is 10.0. The van der Waals surface area contributed by atoms with Crippen LogP contribution in [0, 0.1) is 5.75 Å². The summed E-state index contributed by atoms with van der Waals surface area (Å²) in [5.74, 6) is 3.87. The van der Waals surface area contributed by atoms with Gasteiger partial charge in [-0.3, -0.25) is 0 Å². The van der Waals surface area contributed by atoms with Gasteiger partial charge in [-0.05, 0) is 18.6 Å². The van der Waals surface area contributed by atoms with E-state index in [0.29, 0.717) is 0 Å². The lowest BCUT2D eigenvalue weighted by Gasteiger charge is -2.04. The van der Waals surface area contributed by atoms with E-state index in [-0.39, 0.29) is 0 Å². The second-order valence-corrected chi connectivity index (χ2v) is 13.9. The quantitative estimate of drug-likeness (QED) is 0.0681. The van der Waals surface area contributed by atoms with E-state index in [1.165, 1.54) is 224 Å². The maximum absolute atomic E-state index is 2.51. The smallest absolute Gasteiger partial charge is 0.0166 e. The van der Waals surface area contributed by atoms with Gasteiger partial charge in [-0.2, -0.15) is 11.8 Å². The molecular weight excluding hydrogens is 488 g/mol. The maximum Gasteiger partial charge on any atom is 0.0166 e. The van der Waals surface area contributed by atoms with Gasteiger partial charge in [0.15, 0.2) is 0 Å². The molecule has 0 saturated heterocycles. The molecule has 0 spiro atoms. The van der Waals surface area contributed by atoms with Crippen LogP contribution in [0.4, 0.5) is 0 Å². The average molecular weight is 566 g/mol. The fraction of sp³-hybridized carbons (Fsp3) is 0.974. The Morgan fingerprint density at radius 1 is 0.282 bits per heavy atom. The van der Waals surface area contributed by atoms with Crippen LogP contribution in [0.5, 0.6) is 0 Å². The molecule has 235 valence electrons. The van der Waals surface area contributed by atoms with Gasteiger partial charge in [-0.15, -0.1) is 0 Å². The summed E-state index contributed by atoms with van der Waals surface area (Å²) in [5.41, 5.74) is 0. The lowest BCUT2D eigenvalue weighted by molar-refractivity contribution is 0.527. The zero-order valence-corrected chi connectivity index (χ0v) is 28.6. The molecule has 0 bridgehead atoms. The van der Waals surface area contributed by atoms with Crippen LogP contribution >= 0.6 is 11.8 Å². The molecule has 0 aliphatic heterocycles. The Labute approximate surface area is 254 Å². The molecule has 0 unspecified atom stereocenters. The summed E-state index contributed by atoms with van der Waals surface area (Å²) in [6.07, 6.45) is 49.7. The summed E-state index contributed by atoms with van der Waals surface area (Å²) in [6.45, 7) is 4.61. The number of hydrogen-bond donors (Lipinski definition) is 0. The van der Waals surface area contributed by atoms with Gasteiger partial charge in [0.2, 0.25) is 0 Å². The molecule has 0 heterocycles. The summed E-state index contributed by atoms with van der Waals surface area (Å²) in [5, 5.41) is 0. The topological polar surface area (TPSA) is 0 Å². The molecule has 0 amide bonds. The minimum absolute atomic E-state index is 1.34. The lowest BCUT2D eigenvalue weighted by Crippen LogP contribution is -1.85. The van der Waals surface area contributed by atoms with Crippen molar-refractivity contribution in [1.29, 1.82) is 0 Å². The van der Waals surface area contributed by atoms with Crippen molar-refractivity contribution in [3.8, 4) is 0 Å². The molecular formula is C38H77S. The van der Waals surface area contributed by atoms with Gasteiger partial charge in [0.25, 0.3) is 0 Å². The summed E-state index contributed by atoms with van der Waals surface area (Å²) in [7, 11) is 0. The molecule has 0 saturated carbocycles. The first kappa shape index (κ1) is 39.4. The van der Waals surface area contributed by atoms with Gasteiger partial charge < -0.3 is 0 Å². The third-order valence-electron chi connectivity index (χ3n) is 8.66. The summed E-state index contributed by atoms with van der Waals surface area (Å²) in [6, 6.07) is 0. The van der Waals surface area contributed by atoms with E-state index in [0.717, 1.165) is 0 Å². The van der Waals surface area contributed by atoms with Gasteiger partial charge in [0.05, 0.1) is 0 Å². The molecule has 0 aliphatic carbocycles. The van der Waals surface area contributed by atoms with E-state index in [2.05, 4.69) is 31.4 Å². The highest BCUT2D eigenvalue weighted by Crippen LogP contribution is 2.18. The molecule has 0 aromatic heterocycles. The molecule has 0 rings (SSSR count). The van der Waals surface area contributed by atoms with Gasteiger partial charge in [0, 0.05) is 5.75 Å². The number of rotatable bonds is 36. The highest BCUT2D eigenvalue weighted by molar-refractivity contribution is 8.01. The summed E-state index contributed by atoms with van der Waals surface area (Å²) in [4.78, 5) is 0. The maximum atomic E-state index is 2.51. The second-order valence-electron chi connectivity index (χ2n) is 12.8. The highest BCUT2D eigenvalue weighted by Gasteiger charge is 1.97. The Bertz CT molecular complexity index is 356. The summed E-state index contributed by atoms with van der Waals surface area (Å²) >= 11 is 2.10. The van der Waals surface area contributed by atoms with Crippen molar-refractivity contribution >= 4 is 11.8 Å². The van der Waals surface area contributed by atoms with Gasteiger partial charge >= 0.3 is 0 Å². The first-order chi connectivity index (χ1) is 19.4. The Morgan fingerprint density at radius 2 is 0.513 bits per heavy atom. The largest absolute Gasteiger partial charge is 0.157 e. The molecule has 0 aliphatic rings. The van der Waals surface area contributed by atoms with Crippen LogP contribution in [0.25, 0.3) is 0 Å². The van der Waals surface area contributed by atoms with Gasteiger partial charge in [0.1, 0.15) is 0 Å². The Morgan fingerprint density at radius 3 is 0.795 bits per heavy atom. The van der Waals surface area contributed by atoms with Crippen molar-refractivity contribution < 1.29 is 0 Å². The van der Waals surface area contributed by atoms with E-state index in [1.54, 1.807) is 0 Å². The van der Waals surface area contributed by atoms with E-state index >= 15 is 0 Å². The third kappa shape index (κ3) is 38.4. The van der Waals surface area contributed by atoms with Crippen LogP contribution in [0.3, 0.4) is 0 Å². The predicted molar refractivity (Wildman–Crippen MR) is 185 cm³/mol. The number of hydrogen-bond acceptors (Lipinski definition) is 1. The molecule has 0 fully saturated rings. The molecule has 1 heteroatoms. The van der Waals surface area contributed by atoms with Crippen molar-refractivity contribution in [3.63, 3.8) is 0 Å². The first-order valence-corrected chi connectivity index (χ1v) is 19.9. The minimum atomic E-state index is 1.34. The van der Waals surface area contributed by atoms with Gasteiger partial charge in [-0.25, -0.2) is 0 Å². The van der Waals surface area contributed by atoms with Crippen molar-refractivity contribution in [2.24, 2.45) is 0 Å². The minimum Gasteiger partial charge on any atom is -0.157 e. The van der Waals surface area contributed by atoms with Crippen LogP contribution < -0.4 is 0 Å². The number of unbranched alkanes of at least 4 members (excludes halogenated alkanes) is 32. The predicted octanol–water partition coefficient (Wildman–Crippen LogP) is 15.2. The SMILES string of the molecule is CCCCCCCCCCCCCCCCCCC[CH]SCCCCCCCCCCCCCCCCCC. The van der Waals surface area contributed by atoms with E-state index < -0.39 is 0 Å². The normalized spacial score (nSPS) is 11.5. The first-order valence-electron chi connectivity index (χ1n) is 18.8. The van der Waals surface area contributed by atoms with Crippen LogP contribution in [0.15, 0.2) is 0 Å². The van der Waals surface area contributed by atoms with Crippen molar-refractivity contribution in [2.45, 2.75) is 232 Å². The fourth-order valence-corrected chi connectivity index (χ4v) is 6.72. The molecule has 39 heavy (non-hydrogen) atoms. The zero-order valence-electron chi connectivity index (χ0n) is 27.7. The molecule has 0 aromatic rings. The Balaban J connectivity index is 3.01. The van der Waals surface area contributed by atoms with Gasteiger partial charge in [-0.1, -0.05) is 219 Å². The van der Waals surface area contributed by atoms with E-state index in [1.807, 2.05) is 0 Å². The Kier molecular flexibility index (Phi) is 38.7. The third-order valence-corrected chi connectivity index (χ3v) is 9.65. The van der Waals surface area contributed by atoms with Crippen LogP contribution in [-0.4, -0.2) is 5.75 Å². The molecule has 0 atom stereocenters. The van der Waals surface area contributed by atoms with Crippen LogP contribution in [0.2, 0.25) is 0 Å². The van der Waals surface area contributed by atoms with Crippen molar-refractivity contribution in [2.75, 3.05) is 5.75 Å².